The molecule has 100 valence electrons. The Morgan fingerprint density at radius 2 is 2.21 bits per heavy atom. The fourth-order valence-corrected chi connectivity index (χ4v) is 2.50. The Kier molecular flexibility index (Phi) is 3.66. The molecule has 2 heterocycles. The van der Waals surface area contributed by atoms with Crippen LogP contribution in [0, 0.1) is 25.2 Å². The van der Waals surface area contributed by atoms with Crippen LogP contribution in [0.25, 0.3) is 0 Å². The predicted molar refractivity (Wildman–Crippen MR) is 74.8 cm³/mol. The van der Waals surface area contributed by atoms with Gasteiger partial charge in [0.2, 0.25) is 0 Å². The highest BCUT2D eigenvalue weighted by molar-refractivity contribution is 5.58. The Labute approximate surface area is 113 Å². The summed E-state index contributed by atoms with van der Waals surface area (Å²) in [7, 11) is 0. The van der Waals surface area contributed by atoms with E-state index in [2.05, 4.69) is 17.6 Å². The highest BCUT2D eigenvalue weighted by Gasteiger charge is 2.18. The molecule has 0 radical (unpaired) electrons. The molecular weight excluding hydrogens is 238 g/mol. The molecule has 1 atom stereocenters. The second kappa shape index (κ2) is 5.23. The van der Waals surface area contributed by atoms with E-state index in [1.807, 2.05) is 26.0 Å². The van der Waals surface area contributed by atoms with E-state index in [0.717, 1.165) is 29.9 Å². The highest BCUT2D eigenvalue weighted by Crippen LogP contribution is 2.29. The van der Waals surface area contributed by atoms with Gasteiger partial charge in [0, 0.05) is 18.2 Å². The highest BCUT2D eigenvalue weighted by atomic mass is 16.3. The van der Waals surface area contributed by atoms with Crippen molar-refractivity contribution in [3.8, 4) is 6.07 Å². The molecule has 0 aliphatic carbocycles. The fourth-order valence-electron chi connectivity index (χ4n) is 2.50. The van der Waals surface area contributed by atoms with Crippen LogP contribution in [0.1, 0.15) is 42.0 Å². The zero-order valence-electron chi connectivity index (χ0n) is 11.6. The second-order valence-electron chi connectivity index (χ2n) is 4.92. The van der Waals surface area contributed by atoms with Gasteiger partial charge in [0.15, 0.2) is 0 Å². The van der Waals surface area contributed by atoms with Crippen molar-refractivity contribution >= 4 is 5.82 Å². The van der Waals surface area contributed by atoms with Crippen molar-refractivity contribution < 1.29 is 4.42 Å². The summed E-state index contributed by atoms with van der Waals surface area (Å²) in [6.07, 6.45) is 3.48. The number of nitrogen functional groups attached to an aromatic ring is 1. The zero-order chi connectivity index (χ0) is 14.0. The SMILES string of the molecule is Cc1c(C#N)c(N)n(C(C)CCc2ccco2)c1C. The van der Waals surface area contributed by atoms with Crippen molar-refractivity contribution in [2.24, 2.45) is 0 Å². The molecule has 0 saturated carbocycles. The molecule has 2 aromatic heterocycles. The summed E-state index contributed by atoms with van der Waals surface area (Å²) in [6, 6.07) is 6.30. The van der Waals surface area contributed by atoms with Crippen molar-refractivity contribution in [2.75, 3.05) is 5.73 Å². The number of aromatic nitrogens is 1. The van der Waals surface area contributed by atoms with Gasteiger partial charge < -0.3 is 14.7 Å². The third-order valence-electron chi connectivity index (χ3n) is 3.74. The molecule has 0 aliphatic heterocycles. The van der Waals surface area contributed by atoms with Crippen LogP contribution in [0.4, 0.5) is 5.82 Å². The van der Waals surface area contributed by atoms with Gasteiger partial charge in [-0.2, -0.15) is 5.26 Å². The van der Waals surface area contributed by atoms with E-state index in [0.29, 0.717) is 11.4 Å². The maximum Gasteiger partial charge on any atom is 0.122 e. The largest absolute Gasteiger partial charge is 0.469 e. The van der Waals surface area contributed by atoms with Gasteiger partial charge in [-0.1, -0.05) is 0 Å². The van der Waals surface area contributed by atoms with Crippen molar-refractivity contribution in [1.29, 1.82) is 5.26 Å². The number of rotatable bonds is 4. The lowest BCUT2D eigenvalue weighted by Gasteiger charge is -2.17. The molecular formula is C15H19N3O. The molecule has 0 bridgehead atoms. The van der Waals surface area contributed by atoms with Gasteiger partial charge in [0.25, 0.3) is 0 Å². The minimum atomic E-state index is 0.242. The lowest BCUT2D eigenvalue weighted by atomic mass is 10.1. The summed E-state index contributed by atoms with van der Waals surface area (Å²) in [4.78, 5) is 0. The lowest BCUT2D eigenvalue weighted by molar-refractivity contribution is 0.451. The normalized spacial score (nSPS) is 12.3. The van der Waals surface area contributed by atoms with Gasteiger partial charge in [-0.15, -0.1) is 0 Å². The number of hydrogen-bond acceptors (Lipinski definition) is 3. The summed E-state index contributed by atoms with van der Waals surface area (Å²) in [6.45, 7) is 6.07. The van der Waals surface area contributed by atoms with Crippen LogP contribution >= 0.6 is 0 Å². The van der Waals surface area contributed by atoms with Gasteiger partial charge in [0.05, 0.1) is 11.8 Å². The minimum absolute atomic E-state index is 0.242. The third kappa shape index (κ3) is 2.37. The number of nitrogens with zero attached hydrogens (tertiary/aromatic N) is 2. The van der Waals surface area contributed by atoms with Gasteiger partial charge in [-0.05, 0) is 44.9 Å². The molecule has 2 aromatic rings. The average Bonchev–Trinajstić information content (AvgIpc) is 2.96. The predicted octanol–water partition coefficient (Wildman–Crippen LogP) is 3.35. The van der Waals surface area contributed by atoms with Gasteiger partial charge in [-0.3, -0.25) is 0 Å². The van der Waals surface area contributed by atoms with Gasteiger partial charge in [0.1, 0.15) is 17.6 Å². The van der Waals surface area contributed by atoms with E-state index in [1.54, 1.807) is 6.26 Å². The topological polar surface area (TPSA) is 67.9 Å². The van der Waals surface area contributed by atoms with Crippen LogP contribution in [0.2, 0.25) is 0 Å². The smallest absolute Gasteiger partial charge is 0.122 e. The maximum absolute atomic E-state index is 9.14. The van der Waals surface area contributed by atoms with Crippen LogP contribution in [-0.4, -0.2) is 4.57 Å². The van der Waals surface area contributed by atoms with Crippen LogP contribution < -0.4 is 5.73 Å². The Morgan fingerprint density at radius 1 is 1.47 bits per heavy atom. The van der Waals surface area contributed by atoms with Crippen LogP contribution in [0.15, 0.2) is 22.8 Å². The van der Waals surface area contributed by atoms with E-state index in [4.69, 9.17) is 15.4 Å². The fraction of sp³-hybridized carbons (Fsp3) is 0.400. The summed E-state index contributed by atoms with van der Waals surface area (Å²) in [5.41, 5.74) is 8.73. The number of nitrogens with two attached hydrogens (primary N) is 1. The Hall–Kier alpha value is -2.15. The second-order valence-corrected chi connectivity index (χ2v) is 4.92. The first-order valence-electron chi connectivity index (χ1n) is 6.45. The molecule has 0 aromatic carbocycles. The number of furan rings is 1. The van der Waals surface area contributed by atoms with Crippen LogP contribution in [0.3, 0.4) is 0 Å². The first-order valence-corrected chi connectivity index (χ1v) is 6.45. The molecule has 2 N–H and O–H groups in total. The summed E-state index contributed by atoms with van der Waals surface area (Å²) in [5.74, 6) is 1.55. The zero-order valence-corrected chi connectivity index (χ0v) is 11.6. The summed E-state index contributed by atoms with van der Waals surface area (Å²) in [5, 5.41) is 9.14. The molecule has 0 spiro atoms. The standard InChI is InChI=1S/C15H19N3O/c1-10(6-7-13-5-4-8-19-13)18-12(3)11(2)14(9-16)15(18)17/h4-5,8,10H,6-7,17H2,1-3H3. The van der Waals surface area contributed by atoms with E-state index in [9.17, 15) is 0 Å². The third-order valence-corrected chi connectivity index (χ3v) is 3.74. The molecule has 0 saturated heterocycles. The van der Waals surface area contributed by atoms with E-state index < -0.39 is 0 Å². The minimum Gasteiger partial charge on any atom is -0.469 e. The maximum atomic E-state index is 9.14. The molecule has 4 nitrogen and oxygen atoms in total. The number of aryl methyl sites for hydroxylation is 1. The van der Waals surface area contributed by atoms with E-state index in [1.165, 1.54) is 0 Å². The van der Waals surface area contributed by atoms with Crippen molar-refractivity contribution in [2.45, 2.75) is 39.7 Å². The van der Waals surface area contributed by atoms with Crippen molar-refractivity contribution in [3.05, 3.63) is 41.0 Å². The summed E-state index contributed by atoms with van der Waals surface area (Å²) < 4.78 is 7.39. The molecule has 0 fully saturated rings. The number of anilines is 1. The average molecular weight is 257 g/mol. The van der Waals surface area contributed by atoms with Gasteiger partial charge >= 0.3 is 0 Å². The van der Waals surface area contributed by atoms with Crippen LogP contribution in [0.5, 0.6) is 0 Å². The van der Waals surface area contributed by atoms with Crippen LogP contribution in [-0.2, 0) is 6.42 Å². The summed E-state index contributed by atoms with van der Waals surface area (Å²) >= 11 is 0. The number of hydrogen-bond donors (Lipinski definition) is 1. The molecule has 0 amide bonds. The molecule has 2 rings (SSSR count). The van der Waals surface area contributed by atoms with Crippen molar-refractivity contribution in [3.63, 3.8) is 0 Å². The first-order chi connectivity index (χ1) is 9.06. The quantitative estimate of drug-likeness (QED) is 0.913. The van der Waals surface area contributed by atoms with Gasteiger partial charge in [-0.25, -0.2) is 0 Å². The molecule has 1 unspecified atom stereocenters. The van der Waals surface area contributed by atoms with E-state index >= 15 is 0 Å². The monoisotopic (exact) mass is 257 g/mol. The molecule has 0 aliphatic rings. The molecule has 4 heteroatoms. The lowest BCUT2D eigenvalue weighted by Crippen LogP contribution is -2.11. The Balaban J connectivity index is 2.20. The number of nitriles is 1. The Morgan fingerprint density at radius 3 is 2.74 bits per heavy atom. The Bertz CT molecular complexity index is 602. The first kappa shape index (κ1) is 13.3. The van der Waals surface area contributed by atoms with E-state index in [-0.39, 0.29) is 6.04 Å². The molecule has 19 heavy (non-hydrogen) atoms. The van der Waals surface area contributed by atoms with Crippen molar-refractivity contribution in [1.82, 2.24) is 4.57 Å².